The second kappa shape index (κ2) is 9.09. The van der Waals surface area contributed by atoms with Crippen LogP contribution >= 0.6 is 27.5 Å². The number of rotatable bonds is 6. The van der Waals surface area contributed by atoms with Crippen LogP contribution in [0.25, 0.3) is 0 Å². The molecule has 2 atom stereocenters. The number of hydrogen-bond donors (Lipinski definition) is 2. The highest BCUT2D eigenvalue weighted by Crippen LogP contribution is 2.26. The molecule has 2 N–H and O–H groups in total. The zero-order valence-electron chi connectivity index (χ0n) is 15.4. The Bertz CT molecular complexity index is 1030. The first-order valence-corrected chi connectivity index (χ1v) is 11.5. The number of carbonyl (C=O) groups excluding carboxylic acids is 1. The SMILES string of the molecule is COC1CCCC1NS(=O)(=O)c1ccc(Cl)c(C(=O)Nc2ccc(F)c(Br)c2)c1. The Hall–Kier alpha value is -1.52. The molecule has 29 heavy (non-hydrogen) atoms. The van der Waals surface area contributed by atoms with Crippen molar-refractivity contribution in [1.82, 2.24) is 4.72 Å². The van der Waals surface area contributed by atoms with Gasteiger partial charge >= 0.3 is 0 Å². The van der Waals surface area contributed by atoms with Gasteiger partial charge in [-0.15, -0.1) is 0 Å². The van der Waals surface area contributed by atoms with E-state index >= 15 is 0 Å². The van der Waals surface area contributed by atoms with Crippen LogP contribution in [0.1, 0.15) is 29.6 Å². The van der Waals surface area contributed by atoms with E-state index in [-0.39, 0.29) is 32.1 Å². The van der Waals surface area contributed by atoms with E-state index in [9.17, 15) is 17.6 Å². The van der Waals surface area contributed by atoms with Crippen LogP contribution in [0.3, 0.4) is 0 Å². The molecule has 0 spiro atoms. The van der Waals surface area contributed by atoms with Crippen LogP contribution in [0.5, 0.6) is 0 Å². The molecule has 1 aliphatic carbocycles. The lowest BCUT2D eigenvalue weighted by Gasteiger charge is -2.20. The summed E-state index contributed by atoms with van der Waals surface area (Å²) in [6.07, 6.45) is 2.15. The minimum absolute atomic E-state index is 0.00953. The molecule has 0 radical (unpaired) electrons. The van der Waals surface area contributed by atoms with Crippen LogP contribution < -0.4 is 10.0 Å². The zero-order chi connectivity index (χ0) is 21.2. The molecular formula is C19H19BrClFN2O4S. The van der Waals surface area contributed by atoms with Gasteiger partial charge in [-0.1, -0.05) is 11.6 Å². The molecule has 1 saturated carbocycles. The van der Waals surface area contributed by atoms with Gasteiger partial charge in [0.2, 0.25) is 10.0 Å². The van der Waals surface area contributed by atoms with Crippen molar-refractivity contribution in [2.24, 2.45) is 0 Å². The average molecular weight is 506 g/mol. The quantitative estimate of drug-likeness (QED) is 0.612. The summed E-state index contributed by atoms with van der Waals surface area (Å²) < 4.78 is 47.1. The summed E-state index contributed by atoms with van der Waals surface area (Å²) in [7, 11) is -2.32. The van der Waals surface area contributed by atoms with E-state index in [1.807, 2.05) is 0 Å². The maximum Gasteiger partial charge on any atom is 0.257 e. The molecule has 1 amide bonds. The zero-order valence-corrected chi connectivity index (χ0v) is 18.6. The third-order valence-electron chi connectivity index (χ3n) is 4.73. The third-order valence-corrected chi connectivity index (χ3v) is 7.16. The topological polar surface area (TPSA) is 84.5 Å². The van der Waals surface area contributed by atoms with Gasteiger partial charge < -0.3 is 10.1 Å². The second-order valence-corrected chi connectivity index (χ2v) is 9.63. The van der Waals surface area contributed by atoms with Crippen LogP contribution in [0, 0.1) is 5.82 Å². The highest BCUT2D eigenvalue weighted by atomic mass is 79.9. The number of amides is 1. The summed E-state index contributed by atoms with van der Waals surface area (Å²) in [6.45, 7) is 0. The average Bonchev–Trinajstić information content (AvgIpc) is 3.11. The van der Waals surface area contributed by atoms with Gasteiger partial charge in [0.15, 0.2) is 0 Å². The molecular weight excluding hydrogens is 487 g/mol. The second-order valence-electron chi connectivity index (χ2n) is 6.66. The summed E-state index contributed by atoms with van der Waals surface area (Å²) in [4.78, 5) is 12.5. The molecule has 0 aromatic heterocycles. The molecule has 2 aromatic rings. The van der Waals surface area contributed by atoms with Crippen LogP contribution in [-0.4, -0.2) is 33.6 Å². The summed E-state index contributed by atoms with van der Waals surface area (Å²) in [6, 6.07) is 7.57. The van der Waals surface area contributed by atoms with Crippen molar-refractivity contribution in [3.05, 3.63) is 57.3 Å². The maximum absolute atomic E-state index is 13.4. The molecule has 1 fully saturated rings. The molecule has 2 unspecified atom stereocenters. The van der Waals surface area contributed by atoms with Gasteiger partial charge in [0.25, 0.3) is 5.91 Å². The molecule has 3 rings (SSSR count). The molecule has 10 heteroatoms. The van der Waals surface area contributed by atoms with Gasteiger partial charge in [-0.2, -0.15) is 0 Å². The minimum Gasteiger partial charge on any atom is -0.380 e. The van der Waals surface area contributed by atoms with E-state index in [2.05, 4.69) is 26.0 Å². The lowest BCUT2D eigenvalue weighted by Crippen LogP contribution is -2.40. The monoisotopic (exact) mass is 504 g/mol. The lowest BCUT2D eigenvalue weighted by molar-refractivity contribution is 0.0916. The minimum atomic E-state index is -3.87. The number of halogens is 3. The Kier molecular flexibility index (Phi) is 6.95. The van der Waals surface area contributed by atoms with Gasteiger partial charge in [0.1, 0.15) is 5.82 Å². The number of hydrogen-bond acceptors (Lipinski definition) is 4. The molecule has 2 aromatic carbocycles. The Balaban J connectivity index is 1.83. The van der Waals surface area contributed by atoms with Crippen LogP contribution in [0.15, 0.2) is 45.8 Å². The Labute approximate surface area is 182 Å². The highest BCUT2D eigenvalue weighted by molar-refractivity contribution is 9.10. The molecule has 0 bridgehead atoms. The molecule has 156 valence electrons. The third kappa shape index (κ3) is 5.16. The van der Waals surface area contributed by atoms with Crippen molar-refractivity contribution in [2.45, 2.75) is 36.3 Å². The van der Waals surface area contributed by atoms with E-state index in [4.69, 9.17) is 16.3 Å². The van der Waals surface area contributed by atoms with Gasteiger partial charge in [0, 0.05) is 18.8 Å². The van der Waals surface area contributed by atoms with Crippen molar-refractivity contribution in [1.29, 1.82) is 0 Å². The fraction of sp³-hybridized carbons (Fsp3) is 0.316. The van der Waals surface area contributed by atoms with Gasteiger partial charge in [-0.25, -0.2) is 17.5 Å². The molecule has 0 saturated heterocycles. The predicted octanol–water partition coefficient (Wildman–Crippen LogP) is 4.34. The van der Waals surface area contributed by atoms with Crippen LogP contribution in [-0.2, 0) is 14.8 Å². The number of benzene rings is 2. The normalized spacial score (nSPS) is 19.3. The highest BCUT2D eigenvalue weighted by Gasteiger charge is 2.31. The standard InChI is InChI=1S/C19H19BrClFN2O4S/c1-28-18-4-2-3-17(18)24-29(26,27)12-6-7-15(21)13(10-12)19(25)23-11-5-8-16(22)14(20)9-11/h5-10,17-18,24H,2-4H2,1H3,(H,23,25). The number of anilines is 1. The van der Waals surface area contributed by atoms with Crippen LogP contribution in [0.2, 0.25) is 5.02 Å². The first-order valence-electron chi connectivity index (χ1n) is 8.82. The van der Waals surface area contributed by atoms with Crippen molar-refractivity contribution >= 4 is 49.1 Å². The number of nitrogens with one attached hydrogen (secondary N) is 2. The summed E-state index contributed by atoms with van der Waals surface area (Å²) >= 11 is 9.16. The fourth-order valence-electron chi connectivity index (χ4n) is 3.23. The Morgan fingerprint density at radius 1 is 1.24 bits per heavy atom. The summed E-state index contributed by atoms with van der Waals surface area (Å²) in [5, 5.41) is 2.68. The van der Waals surface area contributed by atoms with Crippen molar-refractivity contribution in [2.75, 3.05) is 12.4 Å². The first kappa shape index (κ1) is 22.2. The largest absolute Gasteiger partial charge is 0.380 e. The molecule has 1 aliphatic rings. The first-order chi connectivity index (χ1) is 13.7. The summed E-state index contributed by atoms with van der Waals surface area (Å²) in [5.74, 6) is -1.08. The van der Waals surface area contributed by atoms with Crippen molar-refractivity contribution < 1.29 is 22.3 Å². The Morgan fingerprint density at radius 2 is 2.00 bits per heavy atom. The van der Waals surface area contributed by atoms with Gasteiger partial charge in [-0.3, -0.25) is 4.79 Å². The number of carbonyl (C=O) groups is 1. The molecule has 0 heterocycles. The number of ether oxygens (including phenoxy) is 1. The predicted molar refractivity (Wildman–Crippen MR) is 112 cm³/mol. The van der Waals surface area contributed by atoms with Crippen molar-refractivity contribution in [3.8, 4) is 0 Å². The lowest BCUT2D eigenvalue weighted by atomic mass is 10.2. The maximum atomic E-state index is 13.4. The van der Waals surface area contributed by atoms with E-state index in [0.717, 1.165) is 12.8 Å². The number of methoxy groups -OCH3 is 1. The summed E-state index contributed by atoms with van der Waals surface area (Å²) in [5.41, 5.74) is 0.323. The van der Waals surface area contributed by atoms with Gasteiger partial charge in [0.05, 0.1) is 26.1 Å². The smallest absolute Gasteiger partial charge is 0.257 e. The molecule has 0 aliphatic heterocycles. The Morgan fingerprint density at radius 3 is 2.69 bits per heavy atom. The van der Waals surface area contributed by atoms with Gasteiger partial charge in [-0.05, 0) is 71.6 Å². The van der Waals surface area contributed by atoms with Crippen molar-refractivity contribution in [3.63, 3.8) is 0 Å². The van der Waals surface area contributed by atoms with E-state index in [0.29, 0.717) is 12.1 Å². The van der Waals surface area contributed by atoms with E-state index in [1.54, 1.807) is 7.11 Å². The van der Waals surface area contributed by atoms with Crippen LogP contribution in [0.4, 0.5) is 10.1 Å². The number of sulfonamides is 1. The fourth-order valence-corrected chi connectivity index (χ4v) is 5.13. The molecule has 6 nitrogen and oxygen atoms in total. The van der Waals surface area contributed by atoms with E-state index < -0.39 is 21.7 Å². The van der Waals surface area contributed by atoms with E-state index in [1.165, 1.54) is 36.4 Å².